The number of hydrazone groups is 1. The summed E-state index contributed by atoms with van der Waals surface area (Å²) in [5, 5.41) is 6.71. The molecule has 6 nitrogen and oxygen atoms in total. The molecule has 0 unspecified atom stereocenters. The van der Waals surface area contributed by atoms with Gasteiger partial charge in [-0.05, 0) is 22.4 Å². The Labute approximate surface area is 187 Å². The number of carbonyl (C=O) groups is 1. The lowest BCUT2D eigenvalue weighted by molar-refractivity contribution is -0.121. The van der Waals surface area contributed by atoms with Gasteiger partial charge in [-0.1, -0.05) is 72.8 Å². The van der Waals surface area contributed by atoms with Crippen molar-refractivity contribution in [3.63, 3.8) is 0 Å². The van der Waals surface area contributed by atoms with Crippen LogP contribution in [0.25, 0.3) is 31.4 Å². The molecule has 5 aromatic rings. The smallest absolute Gasteiger partial charge is 0.262 e. The van der Waals surface area contributed by atoms with Crippen LogP contribution in [0.1, 0.15) is 5.56 Å². The quantitative estimate of drug-likeness (QED) is 0.326. The average Bonchev–Trinajstić information content (AvgIpc) is 3.27. The number of nitrogens with one attached hydrogen (secondary N) is 1. The van der Waals surface area contributed by atoms with Crippen LogP contribution in [0, 0.1) is 0 Å². The number of rotatable bonds is 5. The topological polar surface area (TPSA) is 76.3 Å². The summed E-state index contributed by atoms with van der Waals surface area (Å²) in [7, 11) is 0. The molecule has 5 rings (SSSR count). The molecular formula is C25H18N4O2S. The van der Waals surface area contributed by atoms with Crippen LogP contribution in [0.3, 0.4) is 0 Å². The summed E-state index contributed by atoms with van der Waals surface area (Å²) in [5.41, 5.74) is 4.18. The van der Waals surface area contributed by atoms with Crippen molar-refractivity contribution in [1.29, 1.82) is 0 Å². The Morgan fingerprint density at radius 3 is 2.66 bits per heavy atom. The van der Waals surface area contributed by atoms with Crippen LogP contribution in [0.4, 0.5) is 0 Å². The second-order valence-electron chi connectivity index (χ2n) is 7.23. The third kappa shape index (κ3) is 3.93. The highest BCUT2D eigenvalue weighted by Gasteiger charge is 2.12. The van der Waals surface area contributed by atoms with Gasteiger partial charge < -0.3 is 0 Å². The Balaban J connectivity index is 1.33. The zero-order valence-corrected chi connectivity index (χ0v) is 17.8. The Bertz CT molecular complexity index is 1510. The molecule has 0 aliphatic rings. The van der Waals surface area contributed by atoms with Gasteiger partial charge in [0.15, 0.2) is 0 Å². The van der Waals surface area contributed by atoms with Crippen molar-refractivity contribution < 1.29 is 4.79 Å². The van der Waals surface area contributed by atoms with Gasteiger partial charge in [0.05, 0.1) is 17.9 Å². The number of hydrogen-bond acceptors (Lipinski definition) is 5. The van der Waals surface area contributed by atoms with E-state index in [-0.39, 0.29) is 12.1 Å². The highest BCUT2D eigenvalue weighted by molar-refractivity contribution is 7.21. The Morgan fingerprint density at radius 1 is 1.00 bits per heavy atom. The Kier molecular flexibility index (Phi) is 5.31. The fraction of sp³-hybridized carbons (Fsp3) is 0.0400. The van der Waals surface area contributed by atoms with Gasteiger partial charge in [-0.15, -0.1) is 11.3 Å². The van der Waals surface area contributed by atoms with Crippen LogP contribution in [0.5, 0.6) is 0 Å². The van der Waals surface area contributed by atoms with Gasteiger partial charge >= 0.3 is 0 Å². The first kappa shape index (κ1) is 19.8. The minimum absolute atomic E-state index is 0.162. The van der Waals surface area contributed by atoms with Gasteiger partial charge in [-0.25, -0.2) is 10.4 Å². The first-order valence-corrected chi connectivity index (χ1v) is 10.8. The molecule has 0 bridgehead atoms. The Hall–Kier alpha value is -4.10. The summed E-state index contributed by atoms with van der Waals surface area (Å²) in [6.07, 6.45) is 3.01. The summed E-state index contributed by atoms with van der Waals surface area (Å²) in [4.78, 5) is 31.2. The SMILES string of the molecule is O=C(Cn1cnc2sc(-c3ccccc3)cc2c1=O)N/N=C/c1cccc2ccccc12. The fourth-order valence-electron chi connectivity index (χ4n) is 3.54. The number of nitrogens with zero attached hydrogens (tertiary/aromatic N) is 3. The lowest BCUT2D eigenvalue weighted by Crippen LogP contribution is -2.29. The minimum atomic E-state index is -0.400. The van der Waals surface area contributed by atoms with E-state index in [0.29, 0.717) is 10.2 Å². The summed E-state index contributed by atoms with van der Waals surface area (Å²) in [6.45, 7) is -0.162. The zero-order chi connectivity index (χ0) is 21.9. The molecule has 0 aliphatic carbocycles. The monoisotopic (exact) mass is 438 g/mol. The minimum Gasteiger partial charge on any atom is -0.289 e. The van der Waals surface area contributed by atoms with Crippen molar-refractivity contribution >= 4 is 44.4 Å². The van der Waals surface area contributed by atoms with E-state index in [4.69, 9.17) is 0 Å². The molecule has 2 aromatic heterocycles. The van der Waals surface area contributed by atoms with E-state index in [1.54, 1.807) is 6.21 Å². The first-order valence-electron chi connectivity index (χ1n) is 10.0. The van der Waals surface area contributed by atoms with Gasteiger partial charge in [0.25, 0.3) is 11.5 Å². The molecule has 7 heteroatoms. The highest BCUT2D eigenvalue weighted by atomic mass is 32.1. The molecule has 1 N–H and O–H groups in total. The van der Waals surface area contributed by atoms with Crippen LogP contribution < -0.4 is 11.0 Å². The van der Waals surface area contributed by atoms with Crippen molar-refractivity contribution in [2.75, 3.05) is 0 Å². The molecular weight excluding hydrogens is 420 g/mol. The molecule has 0 saturated heterocycles. The van der Waals surface area contributed by atoms with Crippen molar-refractivity contribution in [2.45, 2.75) is 6.54 Å². The van der Waals surface area contributed by atoms with E-state index in [0.717, 1.165) is 26.8 Å². The van der Waals surface area contributed by atoms with Crippen molar-refractivity contribution in [3.8, 4) is 10.4 Å². The number of thiophene rings is 1. The van der Waals surface area contributed by atoms with Gasteiger partial charge in [-0.3, -0.25) is 14.2 Å². The number of amides is 1. The maximum Gasteiger partial charge on any atom is 0.262 e. The number of hydrogen-bond donors (Lipinski definition) is 1. The predicted octanol–water partition coefficient (Wildman–Crippen LogP) is 4.43. The van der Waals surface area contributed by atoms with Gasteiger partial charge in [-0.2, -0.15) is 5.10 Å². The molecule has 1 amide bonds. The molecule has 0 fully saturated rings. The van der Waals surface area contributed by atoms with E-state index in [1.807, 2.05) is 78.9 Å². The maximum atomic E-state index is 12.9. The van der Waals surface area contributed by atoms with Crippen LogP contribution in [0.2, 0.25) is 0 Å². The largest absolute Gasteiger partial charge is 0.289 e. The average molecular weight is 439 g/mol. The van der Waals surface area contributed by atoms with E-state index < -0.39 is 5.91 Å². The van der Waals surface area contributed by atoms with Crippen LogP contribution in [-0.4, -0.2) is 21.7 Å². The van der Waals surface area contributed by atoms with Gasteiger partial charge in [0, 0.05) is 10.4 Å². The molecule has 156 valence electrons. The molecule has 0 saturated carbocycles. The number of benzene rings is 3. The number of carbonyl (C=O) groups excluding carboxylic acids is 1. The standard InChI is InChI=1S/C25H18N4O2S/c30-23(28-27-14-19-11-6-10-17-7-4-5-12-20(17)19)15-29-16-26-24-21(25(29)31)13-22(32-24)18-8-2-1-3-9-18/h1-14,16H,15H2,(H,28,30)/b27-14+. The molecule has 2 heterocycles. The highest BCUT2D eigenvalue weighted by Crippen LogP contribution is 2.30. The summed E-state index contributed by atoms with van der Waals surface area (Å²) in [5.74, 6) is -0.400. The molecule has 0 radical (unpaired) electrons. The molecule has 0 spiro atoms. The van der Waals surface area contributed by atoms with Crippen molar-refractivity contribution in [3.05, 3.63) is 101 Å². The second-order valence-corrected chi connectivity index (χ2v) is 8.27. The summed E-state index contributed by atoms with van der Waals surface area (Å²) in [6, 6.07) is 25.5. The van der Waals surface area contributed by atoms with Crippen LogP contribution in [-0.2, 0) is 11.3 Å². The fourth-order valence-corrected chi connectivity index (χ4v) is 4.54. The number of aromatic nitrogens is 2. The van der Waals surface area contributed by atoms with E-state index >= 15 is 0 Å². The predicted molar refractivity (Wildman–Crippen MR) is 129 cm³/mol. The third-order valence-electron chi connectivity index (χ3n) is 5.11. The zero-order valence-electron chi connectivity index (χ0n) is 16.9. The molecule has 3 aromatic carbocycles. The van der Waals surface area contributed by atoms with Gasteiger partial charge in [0.1, 0.15) is 11.4 Å². The van der Waals surface area contributed by atoms with E-state index in [1.165, 1.54) is 22.2 Å². The first-order chi connectivity index (χ1) is 15.7. The van der Waals surface area contributed by atoms with Gasteiger partial charge in [0.2, 0.25) is 0 Å². The van der Waals surface area contributed by atoms with Crippen LogP contribution in [0.15, 0.2) is 95.1 Å². The van der Waals surface area contributed by atoms with Crippen LogP contribution >= 0.6 is 11.3 Å². The summed E-state index contributed by atoms with van der Waals surface area (Å²) >= 11 is 1.46. The third-order valence-corrected chi connectivity index (χ3v) is 6.20. The van der Waals surface area contributed by atoms with E-state index in [2.05, 4.69) is 15.5 Å². The van der Waals surface area contributed by atoms with Crippen molar-refractivity contribution in [2.24, 2.45) is 5.10 Å². The Morgan fingerprint density at radius 2 is 1.78 bits per heavy atom. The molecule has 32 heavy (non-hydrogen) atoms. The molecule has 0 atom stereocenters. The second kappa shape index (κ2) is 8.56. The molecule has 0 aliphatic heterocycles. The maximum absolute atomic E-state index is 12.9. The van der Waals surface area contributed by atoms with Crippen molar-refractivity contribution in [1.82, 2.24) is 15.0 Å². The lowest BCUT2D eigenvalue weighted by atomic mass is 10.1. The lowest BCUT2D eigenvalue weighted by Gasteiger charge is -2.04. The normalized spacial score (nSPS) is 11.4. The summed E-state index contributed by atoms with van der Waals surface area (Å²) < 4.78 is 1.30. The number of fused-ring (bicyclic) bond motifs is 2. The van der Waals surface area contributed by atoms with E-state index in [9.17, 15) is 9.59 Å².